The van der Waals surface area contributed by atoms with Crippen molar-refractivity contribution < 1.29 is 14.3 Å². The van der Waals surface area contributed by atoms with Crippen LogP contribution in [0.15, 0.2) is 24.3 Å². The summed E-state index contributed by atoms with van der Waals surface area (Å²) in [5.41, 5.74) is 1.03. The van der Waals surface area contributed by atoms with Gasteiger partial charge in [-0.15, -0.1) is 12.4 Å². The average Bonchev–Trinajstić information content (AvgIpc) is 2.89. The van der Waals surface area contributed by atoms with E-state index in [0.717, 1.165) is 17.9 Å². The maximum Gasteiger partial charge on any atom is 0.225 e. The first-order valence-corrected chi connectivity index (χ1v) is 7.47. The lowest BCUT2D eigenvalue weighted by Gasteiger charge is -2.17. The number of halogens is 1. The van der Waals surface area contributed by atoms with Crippen molar-refractivity contribution in [1.82, 2.24) is 15.5 Å². The first kappa shape index (κ1) is 19.3. The molecule has 1 aliphatic heterocycles. The summed E-state index contributed by atoms with van der Waals surface area (Å²) in [5, 5.41) is 5.82. The van der Waals surface area contributed by atoms with Crippen molar-refractivity contribution in [3.05, 3.63) is 29.8 Å². The van der Waals surface area contributed by atoms with Gasteiger partial charge in [0.25, 0.3) is 0 Å². The highest BCUT2D eigenvalue weighted by Crippen LogP contribution is 2.21. The molecule has 0 aliphatic carbocycles. The molecule has 0 aromatic heterocycles. The van der Waals surface area contributed by atoms with Crippen LogP contribution < -0.4 is 15.4 Å². The monoisotopic (exact) mass is 341 g/mol. The Morgan fingerprint density at radius 2 is 2.00 bits per heavy atom. The number of methoxy groups -OCH3 is 1. The smallest absolute Gasteiger partial charge is 0.225 e. The number of benzene rings is 1. The summed E-state index contributed by atoms with van der Waals surface area (Å²) in [6.07, 6.45) is 0.293. The predicted molar refractivity (Wildman–Crippen MR) is 90.7 cm³/mol. The molecule has 6 nitrogen and oxygen atoms in total. The second-order valence-electron chi connectivity index (χ2n) is 5.42. The molecule has 1 fully saturated rings. The highest BCUT2D eigenvalue weighted by molar-refractivity contribution is 5.89. The SMILES string of the molecule is CNCCNC(=O)C1CC(=O)N(Cc2ccc(OC)cc2)C1.Cl. The molecule has 0 spiro atoms. The molecule has 0 bridgehead atoms. The highest BCUT2D eigenvalue weighted by Gasteiger charge is 2.33. The van der Waals surface area contributed by atoms with Gasteiger partial charge in [-0.25, -0.2) is 0 Å². The van der Waals surface area contributed by atoms with Crippen molar-refractivity contribution in [2.75, 3.05) is 33.8 Å². The van der Waals surface area contributed by atoms with Crippen molar-refractivity contribution in [3.63, 3.8) is 0 Å². The molecule has 0 radical (unpaired) electrons. The second kappa shape index (κ2) is 9.37. The normalized spacial score (nSPS) is 16.9. The van der Waals surface area contributed by atoms with Crippen LogP contribution in [0.25, 0.3) is 0 Å². The van der Waals surface area contributed by atoms with Crippen LogP contribution in [0.2, 0.25) is 0 Å². The maximum absolute atomic E-state index is 12.1. The molecule has 0 saturated carbocycles. The van der Waals surface area contributed by atoms with Crippen molar-refractivity contribution in [2.24, 2.45) is 5.92 Å². The molecule has 1 aliphatic rings. The Labute approximate surface area is 143 Å². The minimum absolute atomic E-state index is 0. The summed E-state index contributed by atoms with van der Waals surface area (Å²) in [4.78, 5) is 25.8. The zero-order chi connectivity index (χ0) is 15.9. The maximum atomic E-state index is 12.1. The number of carbonyl (C=O) groups excluding carboxylic acids is 2. The fourth-order valence-electron chi connectivity index (χ4n) is 2.51. The van der Waals surface area contributed by atoms with E-state index in [1.807, 2.05) is 31.3 Å². The lowest BCUT2D eigenvalue weighted by atomic mass is 10.1. The third kappa shape index (κ3) is 5.41. The molecule has 2 amide bonds. The van der Waals surface area contributed by atoms with Crippen molar-refractivity contribution in [1.29, 1.82) is 0 Å². The van der Waals surface area contributed by atoms with E-state index in [1.165, 1.54) is 0 Å². The fraction of sp³-hybridized carbons (Fsp3) is 0.500. The standard InChI is InChI=1S/C16H23N3O3.ClH/c1-17-7-8-18-16(21)13-9-15(20)19(11-13)10-12-3-5-14(22-2)6-4-12;/h3-6,13,17H,7-11H2,1-2H3,(H,18,21);1H. The van der Waals surface area contributed by atoms with Crippen LogP contribution in [0.3, 0.4) is 0 Å². The summed E-state index contributed by atoms with van der Waals surface area (Å²) >= 11 is 0. The van der Waals surface area contributed by atoms with E-state index in [9.17, 15) is 9.59 Å². The third-order valence-electron chi connectivity index (χ3n) is 3.79. The van der Waals surface area contributed by atoms with Gasteiger partial charge in [-0.05, 0) is 24.7 Å². The molecular formula is C16H24ClN3O3. The molecule has 23 heavy (non-hydrogen) atoms. The summed E-state index contributed by atoms with van der Waals surface area (Å²) in [5.74, 6) is 0.534. The first-order valence-electron chi connectivity index (χ1n) is 7.47. The number of hydrogen-bond donors (Lipinski definition) is 2. The lowest BCUT2D eigenvalue weighted by Crippen LogP contribution is -2.36. The van der Waals surface area contributed by atoms with E-state index in [2.05, 4.69) is 10.6 Å². The van der Waals surface area contributed by atoms with Gasteiger partial charge in [0.2, 0.25) is 11.8 Å². The Morgan fingerprint density at radius 1 is 1.30 bits per heavy atom. The Balaban J connectivity index is 0.00000264. The number of ether oxygens (including phenoxy) is 1. The van der Waals surface area contributed by atoms with E-state index in [1.54, 1.807) is 12.0 Å². The molecule has 1 aromatic carbocycles. The molecule has 2 N–H and O–H groups in total. The van der Waals surface area contributed by atoms with Crippen LogP contribution in [0, 0.1) is 5.92 Å². The average molecular weight is 342 g/mol. The number of hydrogen-bond acceptors (Lipinski definition) is 4. The number of likely N-dealkylation sites (N-methyl/N-ethyl adjacent to an activating group) is 1. The Morgan fingerprint density at radius 3 is 2.61 bits per heavy atom. The van der Waals surface area contributed by atoms with Gasteiger partial charge in [0.15, 0.2) is 0 Å². The number of amides is 2. The van der Waals surface area contributed by atoms with E-state index < -0.39 is 0 Å². The number of nitrogens with zero attached hydrogens (tertiary/aromatic N) is 1. The molecule has 1 heterocycles. The summed E-state index contributed by atoms with van der Waals surface area (Å²) < 4.78 is 5.12. The topological polar surface area (TPSA) is 70.7 Å². The molecule has 1 aromatic rings. The van der Waals surface area contributed by atoms with Crippen LogP contribution in [0.4, 0.5) is 0 Å². The lowest BCUT2D eigenvalue weighted by molar-refractivity contribution is -0.129. The van der Waals surface area contributed by atoms with Gasteiger partial charge < -0.3 is 20.3 Å². The van der Waals surface area contributed by atoms with Crippen molar-refractivity contribution in [3.8, 4) is 5.75 Å². The third-order valence-corrected chi connectivity index (χ3v) is 3.79. The van der Waals surface area contributed by atoms with Gasteiger partial charge in [0, 0.05) is 32.6 Å². The van der Waals surface area contributed by atoms with Gasteiger partial charge >= 0.3 is 0 Å². The van der Waals surface area contributed by atoms with E-state index in [0.29, 0.717) is 26.1 Å². The molecule has 1 saturated heterocycles. The minimum Gasteiger partial charge on any atom is -0.497 e. The predicted octanol–water partition coefficient (Wildman–Crippen LogP) is 0.801. The Hall–Kier alpha value is -1.79. The van der Waals surface area contributed by atoms with Crippen LogP contribution >= 0.6 is 12.4 Å². The molecule has 7 heteroatoms. The van der Waals surface area contributed by atoms with Gasteiger partial charge in [-0.1, -0.05) is 12.1 Å². The molecule has 128 valence electrons. The van der Waals surface area contributed by atoms with Crippen molar-refractivity contribution in [2.45, 2.75) is 13.0 Å². The summed E-state index contributed by atoms with van der Waals surface area (Å²) in [6, 6.07) is 7.62. The zero-order valence-electron chi connectivity index (χ0n) is 13.5. The number of rotatable bonds is 7. The van der Waals surface area contributed by atoms with Gasteiger partial charge in [0.1, 0.15) is 5.75 Å². The van der Waals surface area contributed by atoms with E-state index >= 15 is 0 Å². The summed E-state index contributed by atoms with van der Waals surface area (Å²) in [7, 11) is 3.46. The van der Waals surface area contributed by atoms with E-state index in [-0.39, 0.29) is 30.1 Å². The number of likely N-dealkylation sites (tertiary alicyclic amines) is 1. The summed E-state index contributed by atoms with van der Waals surface area (Å²) in [6.45, 7) is 2.32. The number of carbonyl (C=O) groups is 2. The van der Waals surface area contributed by atoms with Gasteiger partial charge in [0.05, 0.1) is 13.0 Å². The van der Waals surface area contributed by atoms with Crippen LogP contribution in [-0.2, 0) is 16.1 Å². The Kier molecular flexibility index (Phi) is 7.85. The highest BCUT2D eigenvalue weighted by atomic mass is 35.5. The Bertz CT molecular complexity index is 522. The van der Waals surface area contributed by atoms with Crippen LogP contribution in [-0.4, -0.2) is 50.5 Å². The number of nitrogens with one attached hydrogen (secondary N) is 2. The van der Waals surface area contributed by atoms with Gasteiger partial charge in [-0.3, -0.25) is 9.59 Å². The zero-order valence-corrected chi connectivity index (χ0v) is 14.3. The largest absolute Gasteiger partial charge is 0.497 e. The van der Waals surface area contributed by atoms with Crippen LogP contribution in [0.5, 0.6) is 5.75 Å². The van der Waals surface area contributed by atoms with Crippen LogP contribution in [0.1, 0.15) is 12.0 Å². The quantitative estimate of drug-likeness (QED) is 0.720. The van der Waals surface area contributed by atoms with E-state index in [4.69, 9.17) is 4.74 Å². The molecule has 1 unspecified atom stereocenters. The molecule has 2 rings (SSSR count). The van der Waals surface area contributed by atoms with Crippen molar-refractivity contribution >= 4 is 24.2 Å². The molecule has 1 atom stereocenters. The first-order chi connectivity index (χ1) is 10.6. The van der Waals surface area contributed by atoms with Gasteiger partial charge in [-0.2, -0.15) is 0 Å². The minimum atomic E-state index is -0.248. The second-order valence-corrected chi connectivity index (χ2v) is 5.42. The molecular weight excluding hydrogens is 318 g/mol. The fourth-order valence-corrected chi connectivity index (χ4v) is 2.51.